The van der Waals surface area contributed by atoms with Crippen LogP contribution < -0.4 is 0 Å². The molecule has 1 N–H and O–H groups in total. The van der Waals surface area contributed by atoms with Crippen LogP contribution in [0.1, 0.15) is 52.7 Å². The second-order valence-corrected chi connectivity index (χ2v) is 9.87. The summed E-state index contributed by atoms with van der Waals surface area (Å²) < 4.78 is 5.65. The van der Waals surface area contributed by atoms with Crippen LogP contribution in [0.15, 0.2) is 59.1 Å². The Morgan fingerprint density at radius 3 is 2.20 bits per heavy atom. The highest BCUT2D eigenvalue weighted by Crippen LogP contribution is 2.42. The molecular weight excluding hydrogens is 372 g/mol. The third-order valence-corrected chi connectivity index (χ3v) is 5.47. The smallest absolute Gasteiger partial charge is 0.262 e. The number of benzene rings is 3. The summed E-state index contributed by atoms with van der Waals surface area (Å²) in [4.78, 5) is 4.67. The number of phenols is 1. The molecule has 0 fully saturated rings. The highest BCUT2D eigenvalue weighted by Gasteiger charge is 2.27. The first-order chi connectivity index (χ1) is 14.1. The Labute approximate surface area is 177 Å². The van der Waals surface area contributed by atoms with Crippen LogP contribution in [0.25, 0.3) is 33.6 Å². The number of phenolic OH excluding ortho intramolecular Hbond substituents is 1. The molecule has 0 atom stereocenters. The van der Waals surface area contributed by atoms with Gasteiger partial charge in [0.1, 0.15) is 5.75 Å². The molecule has 3 aromatic carbocycles. The van der Waals surface area contributed by atoms with Gasteiger partial charge in [-0.2, -0.15) is 4.98 Å². The van der Waals surface area contributed by atoms with E-state index in [-0.39, 0.29) is 16.6 Å². The number of aromatic hydroxyl groups is 1. The van der Waals surface area contributed by atoms with Crippen LogP contribution in [0.3, 0.4) is 0 Å². The van der Waals surface area contributed by atoms with Gasteiger partial charge in [0.05, 0.1) is 5.56 Å². The van der Waals surface area contributed by atoms with Gasteiger partial charge in [0.2, 0.25) is 5.82 Å². The zero-order valence-electron chi connectivity index (χ0n) is 18.4. The van der Waals surface area contributed by atoms with Gasteiger partial charge in [0.25, 0.3) is 5.89 Å². The van der Waals surface area contributed by atoms with Crippen molar-refractivity contribution in [2.75, 3.05) is 0 Å². The number of rotatable bonds is 2. The summed E-state index contributed by atoms with van der Waals surface area (Å²) in [5, 5.41) is 17.5. The first-order valence-corrected chi connectivity index (χ1v) is 10.3. The molecule has 0 aliphatic carbocycles. The lowest BCUT2D eigenvalue weighted by atomic mass is 9.79. The van der Waals surface area contributed by atoms with Crippen LogP contribution in [-0.2, 0) is 10.8 Å². The molecular formula is C26H28N2O2. The van der Waals surface area contributed by atoms with E-state index in [0.717, 1.165) is 27.5 Å². The summed E-state index contributed by atoms with van der Waals surface area (Å²) in [6, 6.07) is 18.2. The molecule has 0 bridgehead atoms. The topological polar surface area (TPSA) is 59.2 Å². The highest BCUT2D eigenvalue weighted by molar-refractivity contribution is 5.95. The number of aromatic nitrogens is 2. The molecule has 0 saturated heterocycles. The average Bonchev–Trinajstić information content (AvgIpc) is 3.15. The van der Waals surface area contributed by atoms with E-state index in [2.05, 4.69) is 75.9 Å². The molecule has 0 saturated carbocycles. The minimum atomic E-state index is -0.224. The molecule has 0 amide bonds. The van der Waals surface area contributed by atoms with Gasteiger partial charge in [-0.3, -0.25) is 0 Å². The molecule has 1 aromatic heterocycles. The highest BCUT2D eigenvalue weighted by atomic mass is 16.5. The lowest BCUT2D eigenvalue weighted by molar-refractivity contribution is 0.419. The van der Waals surface area contributed by atoms with Crippen molar-refractivity contribution in [3.05, 3.63) is 65.7 Å². The summed E-state index contributed by atoms with van der Waals surface area (Å²) in [6.45, 7) is 12.7. The van der Waals surface area contributed by atoms with Gasteiger partial charge < -0.3 is 9.63 Å². The predicted molar refractivity (Wildman–Crippen MR) is 122 cm³/mol. The van der Waals surface area contributed by atoms with E-state index in [1.165, 1.54) is 0 Å². The Kier molecular flexibility index (Phi) is 4.69. The van der Waals surface area contributed by atoms with E-state index in [4.69, 9.17) is 4.52 Å². The maximum Gasteiger partial charge on any atom is 0.262 e. The maximum atomic E-state index is 11.1. The van der Waals surface area contributed by atoms with Crippen molar-refractivity contribution in [2.24, 2.45) is 0 Å². The van der Waals surface area contributed by atoms with Crippen molar-refractivity contribution in [3.63, 3.8) is 0 Å². The zero-order chi connectivity index (χ0) is 21.7. The van der Waals surface area contributed by atoms with Crippen LogP contribution in [0.5, 0.6) is 5.75 Å². The third kappa shape index (κ3) is 3.58. The molecule has 0 unspecified atom stereocenters. The Morgan fingerprint density at radius 1 is 0.800 bits per heavy atom. The van der Waals surface area contributed by atoms with E-state index >= 15 is 0 Å². The lowest BCUT2D eigenvalue weighted by Crippen LogP contribution is -2.17. The van der Waals surface area contributed by atoms with E-state index in [1.807, 2.05) is 30.3 Å². The van der Waals surface area contributed by atoms with E-state index in [0.29, 0.717) is 17.3 Å². The lowest BCUT2D eigenvalue weighted by Gasteiger charge is -2.26. The van der Waals surface area contributed by atoms with E-state index in [9.17, 15) is 5.11 Å². The molecule has 4 heteroatoms. The van der Waals surface area contributed by atoms with Crippen LogP contribution >= 0.6 is 0 Å². The van der Waals surface area contributed by atoms with Gasteiger partial charge in [-0.25, -0.2) is 0 Å². The molecule has 0 radical (unpaired) electrons. The molecule has 30 heavy (non-hydrogen) atoms. The third-order valence-electron chi connectivity index (χ3n) is 5.47. The maximum absolute atomic E-state index is 11.1. The largest absolute Gasteiger partial charge is 0.507 e. The summed E-state index contributed by atoms with van der Waals surface area (Å²) in [6.07, 6.45) is 0. The predicted octanol–water partition coefficient (Wildman–Crippen LogP) is 6.86. The minimum absolute atomic E-state index is 0.0824. The normalized spacial score (nSPS) is 12.5. The van der Waals surface area contributed by atoms with Crippen LogP contribution in [-0.4, -0.2) is 15.2 Å². The van der Waals surface area contributed by atoms with Gasteiger partial charge in [-0.1, -0.05) is 95.2 Å². The average molecular weight is 401 g/mol. The van der Waals surface area contributed by atoms with Crippen LogP contribution in [0.2, 0.25) is 0 Å². The molecule has 0 spiro atoms. The van der Waals surface area contributed by atoms with Crippen molar-refractivity contribution in [1.82, 2.24) is 10.1 Å². The van der Waals surface area contributed by atoms with Gasteiger partial charge in [-0.15, -0.1) is 0 Å². The molecule has 4 aromatic rings. The van der Waals surface area contributed by atoms with E-state index < -0.39 is 0 Å². The fraction of sp³-hybridized carbons (Fsp3) is 0.308. The fourth-order valence-electron chi connectivity index (χ4n) is 3.66. The van der Waals surface area contributed by atoms with Crippen molar-refractivity contribution < 1.29 is 9.63 Å². The molecule has 0 aliphatic heterocycles. The monoisotopic (exact) mass is 400 g/mol. The van der Waals surface area contributed by atoms with Crippen LogP contribution in [0.4, 0.5) is 0 Å². The fourth-order valence-corrected chi connectivity index (χ4v) is 3.66. The quantitative estimate of drug-likeness (QED) is 0.399. The summed E-state index contributed by atoms with van der Waals surface area (Å²) in [5.74, 6) is 1.04. The number of nitrogens with zero attached hydrogens (tertiary/aromatic N) is 2. The Morgan fingerprint density at radius 2 is 1.50 bits per heavy atom. The first kappa shape index (κ1) is 20.1. The van der Waals surface area contributed by atoms with Crippen LogP contribution in [0, 0.1) is 0 Å². The van der Waals surface area contributed by atoms with Crippen molar-refractivity contribution >= 4 is 10.8 Å². The molecule has 1 heterocycles. The molecule has 4 nitrogen and oxygen atoms in total. The Balaban J connectivity index is 1.89. The number of hydrogen-bond acceptors (Lipinski definition) is 4. The van der Waals surface area contributed by atoms with Gasteiger partial charge in [-0.05, 0) is 33.2 Å². The molecule has 4 rings (SSSR count). The minimum Gasteiger partial charge on any atom is -0.507 e. The molecule has 0 aliphatic rings. The Hall–Kier alpha value is -3.14. The standard InChI is InChI=1S/C26H28N2O2/c1-25(2,3)17-14-20(22(29)21(15-17)26(4,5)6)24-27-23(28-30-24)19-13-9-11-16-10-7-8-12-18(16)19/h7-15,29H,1-6H3. The van der Waals surface area contributed by atoms with Crippen molar-refractivity contribution in [3.8, 4) is 28.6 Å². The van der Waals surface area contributed by atoms with Gasteiger partial charge in [0, 0.05) is 11.1 Å². The van der Waals surface area contributed by atoms with Gasteiger partial charge in [0.15, 0.2) is 0 Å². The van der Waals surface area contributed by atoms with E-state index in [1.54, 1.807) is 0 Å². The van der Waals surface area contributed by atoms with Gasteiger partial charge >= 0.3 is 0 Å². The Bertz CT molecular complexity index is 1220. The number of fused-ring (bicyclic) bond motifs is 1. The summed E-state index contributed by atoms with van der Waals surface area (Å²) in [7, 11) is 0. The molecule has 154 valence electrons. The first-order valence-electron chi connectivity index (χ1n) is 10.3. The second-order valence-electron chi connectivity index (χ2n) is 9.87. The zero-order valence-corrected chi connectivity index (χ0v) is 18.4. The SMILES string of the molecule is CC(C)(C)c1cc(-c2nc(-c3cccc4ccccc34)no2)c(O)c(C(C)(C)C)c1. The second kappa shape index (κ2) is 6.98. The number of hydrogen-bond donors (Lipinski definition) is 1. The summed E-state index contributed by atoms with van der Waals surface area (Å²) >= 11 is 0. The van der Waals surface area contributed by atoms with Crippen molar-refractivity contribution in [2.45, 2.75) is 52.4 Å². The van der Waals surface area contributed by atoms with Crippen molar-refractivity contribution in [1.29, 1.82) is 0 Å². The summed E-state index contributed by atoms with van der Waals surface area (Å²) in [5.41, 5.74) is 3.16.